The van der Waals surface area contributed by atoms with E-state index < -0.39 is 11.7 Å². The molecule has 0 radical (unpaired) electrons. The third-order valence-electron chi connectivity index (χ3n) is 6.84. The molecule has 5 rings (SSSR count). The van der Waals surface area contributed by atoms with Crippen LogP contribution in [0.2, 0.25) is 0 Å². The van der Waals surface area contributed by atoms with Crippen LogP contribution in [0.15, 0.2) is 73.4 Å². The zero-order valence-electron chi connectivity index (χ0n) is 22.2. The predicted molar refractivity (Wildman–Crippen MR) is 164 cm³/mol. The molecule has 0 spiro atoms. The Morgan fingerprint density at radius 3 is 2.68 bits per heavy atom. The van der Waals surface area contributed by atoms with Gasteiger partial charge in [0, 0.05) is 26.1 Å². The Hall–Kier alpha value is -3.57. The number of fused-ring (bicyclic) bond motifs is 1. The minimum absolute atomic E-state index is 0.112. The maximum absolute atomic E-state index is 13.7. The van der Waals surface area contributed by atoms with Gasteiger partial charge in [0.1, 0.15) is 11.6 Å². The molecule has 0 unspecified atom stereocenters. The first kappa shape index (κ1) is 28.9. The van der Waals surface area contributed by atoms with Gasteiger partial charge >= 0.3 is 0 Å². The number of benzene rings is 3. The lowest BCUT2D eigenvalue weighted by molar-refractivity contribution is -0.118. The van der Waals surface area contributed by atoms with Crippen LogP contribution in [0.5, 0.6) is 11.5 Å². The van der Waals surface area contributed by atoms with Gasteiger partial charge in [-0.25, -0.2) is 9.37 Å². The first-order valence-corrected chi connectivity index (χ1v) is 14.7. The Labute approximate surface area is 252 Å². The van der Waals surface area contributed by atoms with Crippen LogP contribution in [0.3, 0.4) is 0 Å². The van der Waals surface area contributed by atoms with E-state index in [0.29, 0.717) is 38.2 Å². The van der Waals surface area contributed by atoms with Crippen molar-refractivity contribution in [2.24, 2.45) is 5.10 Å². The van der Waals surface area contributed by atoms with Crippen LogP contribution in [-0.2, 0) is 4.79 Å². The third kappa shape index (κ3) is 6.84. The Morgan fingerprint density at radius 2 is 1.93 bits per heavy atom. The summed E-state index contributed by atoms with van der Waals surface area (Å²) in [7, 11) is 1.49. The number of ether oxygens (including phenoxy) is 2. The second-order valence-corrected chi connectivity index (χ2v) is 11.5. The Balaban J connectivity index is 1.50. The number of carbonyl (C=O) groups excluding carboxylic acids is 1. The Bertz CT molecular complexity index is 1690. The predicted octanol–water partition coefficient (Wildman–Crippen LogP) is 7.02. The fourth-order valence-electron chi connectivity index (χ4n) is 4.91. The largest absolute Gasteiger partial charge is 0.493 e. The maximum atomic E-state index is 13.7. The fraction of sp³-hybridized carbons (Fsp3) is 0.267. The van der Waals surface area contributed by atoms with Gasteiger partial charge in [-0.3, -0.25) is 9.59 Å². The quantitative estimate of drug-likeness (QED) is 0.201. The van der Waals surface area contributed by atoms with Gasteiger partial charge in [-0.15, -0.1) is 0 Å². The molecule has 1 aliphatic carbocycles. The van der Waals surface area contributed by atoms with E-state index in [4.69, 9.17) is 14.5 Å². The van der Waals surface area contributed by atoms with Crippen molar-refractivity contribution >= 4 is 60.6 Å². The molecule has 1 aliphatic rings. The summed E-state index contributed by atoms with van der Waals surface area (Å²) in [6.07, 6.45) is 6.68. The van der Waals surface area contributed by atoms with Gasteiger partial charge in [0.25, 0.3) is 11.5 Å². The second-order valence-electron chi connectivity index (χ2n) is 9.70. The van der Waals surface area contributed by atoms with Crippen molar-refractivity contribution in [3.63, 3.8) is 0 Å². The van der Waals surface area contributed by atoms with Crippen LogP contribution in [-0.4, -0.2) is 35.5 Å². The van der Waals surface area contributed by atoms with Crippen molar-refractivity contribution in [3.8, 4) is 11.5 Å². The van der Waals surface area contributed by atoms with Crippen molar-refractivity contribution < 1.29 is 18.7 Å². The highest BCUT2D eigenvalue weighted by Crippen LogP contribution is 2.35. The zero-order valence-corrected chi connectivity index (χ0v) is 25.4. The SMILES string of the molecule is COc1cc(Br)cc(C=Nn2c(C3CCCCC3)nc3ccc(Br)cc3c2=O)c1OCC(=O)Nc1cccc(F)c1. The van der Waals surface area contributed by atoms with Gasteiger partial charge in [0.2, 0.25) is 0 Å². The molecule has 0 aliphatic heterocycles. The number of aromatic nitrogens is 2. The molecule has 8 nitrogen and oxygen atoms in total. The molecule has 1 amide bonds. The molecule has 1 aromatic heterocycles. The molecule has 11 heteroatoms. The van der Waals surface area contributed by atoms with Gasteiger partial charge < -0.3 is 14.8 Å². The Morgan fingerprint density at radius 1 is 1.12 bits per heavy atom. The van der Waals surface area contributed by atoms with Crippen LogP contribution in [0.25, 0.3) is 10.9 Å². The number of amides is 1. The molecule has 212 valence electrons. The van der Waals surface area contributed by atoms with E-state index in [0.717, 1.165) is 36.6 Å². The Kier molecular flexibility index (Phi) is 9.14. The summed E-state index contributed by atoms with van der Waals surface area (Å²) >= 11 is 6.93. The number of methoxy groups -OCH3 is 1. The summed E-state index contributed by atoms with van der Waals surface area (Å²) in [5.74, 6) is 0.414. The number of nitrogens with one attached hydrogen (secondary N) is 1. The number of nitrogens with zero attached hydrogens (tertiary/aromatic N) is 3. The molecule has 0 saturated heterocycles. The highest BCUT2D eigenvalue weighted by Gasteiger charge is 2.23. The zero-order chi connectivity index (χ0) is 28.9. The molecular weight excluding hydrogens is 659 g/mol. The molecule has 0 bridgehead atoms. The molecule has 1 fully saturated rings. The number of halogens is 3. The van der Waals surface area contributed by atoms with Crippen molar-refractivity contribution in [3.05, 3.63) is 91.1 Å². The third-order valence-corrected chi connectivity index (χ3v) is 7.79. The average Bonchev–Trinajstić information content (AvgIpc) is 2.96. The number of hydrogen-bond donors (Lipinski definition) is 1. The van der Waals surface area contributed by atoms with E-state index in [2.05, 4.69) is 42.3 Å². The van der Waals surface area contributed by atoms with E-state index in [1.165, 1.54) is 36.2 Å². The van der Waals surface area contributed by atoms with Crippen LogP contribution >= 0.6 is 31.9 Å². The molecule has 1 heterocycles. The summed E-state index contributed by atoms with van der Waals surface area (Å²) in [5.41, 5.74) is 1.15. The van der Waals surface area contributed by atoms with Gasteiger partial charge in [-0.05, 0) is 61.4 Å². The van der Waals surface area contributed by atoms with E-state index >= 15 is 0 Å². The summed E-state index contributed by atoms with van der Waals surface area (Å²) in [4.78, 5) is 31.1. The number of carbonyl (C=O) groups is 1. The second kappa shape index (κ2) is 12.9. The number of hydrogen-bond acceptors (Lipinski definition) is 6. The molecule has 3 aromatic carbocycles. The normalized spacial score (nSPS) is 14.0. The lowest BCUT2D eigenvalue weighted by Gasteiger charge is -2.23. The van der Waals surface area contributed by atoms with Crippen LogP contribution in [0.4, 0.5) is 10.1 Å². The summed E-state index contributed by atoms with van der Waals surface area (Å²) in [5, 5.41) is 7.67. The molecule has 1 N–H and O–H groups in total. The minimum atomic E-state index is -0.483. The lowest BCUT2D eigenvalue weighted by Crippen LogP contribution is -2.25. The van der Waals surface area contributed by atoms with Crippen molar-refractivity contribution in [2.45, 2.75) is 38.0 Å². The van der Waals surface area contributed by atoms with Gasteiger partial charge in [-0.1, -0.05) is 57.2 Å². The van der Waals surface area contributed by atoms with Gasteiger partial charge in [0.05, 0.1) is 24.2 Å². The number of rotatable bonds is 8. The van der Waals surface area contributed by atoms with Crippen molar-refractivity contribution in [1.82, 2.24) is 9.66 Å². The highest BCUT2D eigenvalue weighted by atomic mass is 79.9. The monoisotopic (exact) mass is 684 g/mol. The highest BCUT2D eigenvalue weighted by molar-refractivity contribution is 9.10. The van der Waals surface area contributed by atoms with Gasteiger partial charge in [0.15, 0.2) is 18.1 Å². The first-order valence-electron chi connectivity index (χ1n) is 13.1. The van der Waals surface area contributed by atoms with Crippen LogP contribution in [0, 0.1) is 5.82 Å². The van der Waals surface area contributed by atoms with E-state index in [1.807, 2.05) is 12.1 Å². The lowest BCUT2D eigenvalue weighted by atomic mass is 9.88. The van der Waals surface area contributed by atoms with E-state index in [1.54, 1.807) is 24.3 Å². The maximum Gasteiger partial charge on any atom is 0.282 e. The smallest absolute Gasteiger partial charge is 0.282 e. The van der Waals surface area contributed by atoms with Crippen molar-refractivity contribution in [1.29, 1.82) is 0 Å². The molecule has 4 aromatic rings. The molecular formula is C30H27Br2FN4O4. The van der Waals surface area contributed by atoms with E-state index in [9.17, 15) is 14.0 Å². The topological polar surface area (TPSA) is 94.8 Å². The average molecular weight is 686 g/mol. The fourth-order valence-corrected chi connectivity index (χ4v) is 5.73. The van der Waals surface area contributed by atoms with Gasteiger partial charge in [-0.2, -0.15) is 9.78 Å². The summed E-state index contributed by atoms with van der Waals surface area (Å²) in [6.45, 7) is -0.367. The summed E-state index contributed by atoms with van der Waals surface area (Å²) < 4.78 is 27.7. The molecule has 0 atom stereocenters. The number of anilines is 1. The van der Waals surface area contributed by atoms with Crippen molar-refractivity contribution in [2.75, 3.05) is 19.0 Å². The molecule has 41 heavy (non-hydrogen) atoms. The first-order chi connectivity index (χ1) is 19.8. The van der Waals surface area contributed by atoms with Crippen LogP contribution < -0.4 is 20.3 Å². The van der Waals surface area contributed by atoms with E-state index in [-0.39, 0.29) is 23.8 Å². The standard InChI is InChI=1S/C30H27Br2FN4O4/c1-40-26-14-21(32)12-19(28(26)41-17-27(38)35-23-9-5-8-22(33)15-23)16-34-37-29(18-6-3-2-4-7-18)36-25-11-10-20(31)13-24(25)30(37)39/h5,8-16,18H,2-4,6-7,17H2,1H3,(H,35,38). The summed E-state index contributed by atoms with van der Waals surface area (Å²) in [6, 6.07) is 14.5. The minimum Gasteiger partial charge on any atom is -0.493 e. The van der Waals surface area contributed by atoms with Crippen LogP contribution in [0.1, 0.15) is 49.4 Å². The molecule has 1 saturated carbocycles.